The fourth-order valence-electron chi connectivity index (χ4n) is 5.18. The molecule has 1 heterocycles. The first-order valence-corrected chi connectivity index (χ1v) is 13.8. The molecule has 2 bridgehead atoms. The van der Waals surface area contributed by atoms with Gasteiger partial charge in [-0.05, 0) is 88.0 Å². The Kier molecular flexibility index (Phi) is 6.13. The van der Waals surface area contributed by atoms with Gasteiger partial charge in [0.15, 0.2) is 0 Å². The smallest absolute Gasteiger partial charge is 0.339 e. The van der Waals surface area contributed by atoms with Gasteiger partial charge in [0.2, 0.25) is 0 Å². The number of rotatable bonds is 5. The van der Waals surface area contributed by atoms with Crippen LogP contribution < -0.4 is 4.74 Å². The Morgan fingerprint density at radius 1 is 1.06 bits per heavy atom. The average Bonchev–Trinajstić information content (AvgIpc) is 3.39. The number of hydrogen-bond donors (Lipinski definition) is 1. The number of fused-ring (bicyclic) bond motifs is 1. The topological polar surface area (TPSA) is 133 Å². The van der Waals surface area contributed by atoms with Gasteiger partial charge in [0.1, 0.15) is 18.0 Å². The molecule has 0 aromatic heterocycles. The molecule has 0 spiro atoms. The highest BCUT2D eigenvalue weighted by Crippen LogP contribution is 2.59. The first-order valence-electron chi connectivity index (χ1n) is 10.2. The maximum absolute atomic E-state index is 13.1. The zero-order chi connectivity index (χ0) is 24.4. The minimum absolute atomic E-state index is 0.0602. The molecule has 34 heavy (non-hydrogen) atoms. The van der Waals surface area contributed by atoms with Gasteiger partial charge in [-0.3, -0.25) is 14.1 Å². The number of carbonyl (C=O) groups excluding carboxylic acids is 3. The third kappa shape index (κ3) is 4.01. The predicted molar refractivity (Wildman–Crippen MR) is 131 cm³/mol. The van der Waals surface area contributed by atoms with Crippen molar-refractivity contribution in [1.82, 2.24) is 0 Å². The van der Waals surface area contributed by atoms with E-state index in [1.54, 1.807) is 12.1 Å². The van der Waals surface area contributed by atoms with Crippen LogP contribution in [0.5, 0.6) is 5.75 Å². The number of halogens is 2. The highest BCUT2D eigenvalue weighted by atomic mass is 127. The Labute approximate surface area is 221 Å². The summed E-state index contributed by atoms with van der Waals surface area (Å²) in [5.41, 5.74) is 0.397. The van der Waals surface area contributed by atoms with Gasteiger partial charge >= 0.3 is 17.9 Å². The van der Waals surface area contributed by atoms with E-state index in [0.29, 0.717) is 12.0 Å². The van der Waals surface area contributed by atoms with Gasteiger partial charge in [-0.25, -0.2) is 4.79 Å². The van der Waals surface area contributed by atoms with Gasteiger partial charge in [-0.1, -0.05) is 6.07 Å². The van der Waals surface area contributed by atoms with Gasteiger partial charge in [-0.15, -0.1) is 0 Å². The highest BCUT2D eigenvalue weighted by Gasteiger charge is 2.70. The molecule has 0 amide bonds. The molecule has 2 aromatic carbocycles. The first-order chi connectivity index (χ1) is 16.1. The molecule has 1 N–H and O–H groups in total. The minimum Gasteiger partial charge on any atom is -0.458 e. The standard InChI is InChI=1S/C22H16I2O9S/c23-14-3-1-2-11(17(14)24)20(25)32-18-12-8-13-16(22(27)33-19(13)18)15(12)21(26)31-9-4-6-10(7-5-9)34(28,29)30/h1-7,12-13,15-16,18-19H,8H2,(H,28,29,30). The summed E-state index contributed by atoms with van der Waals surface area (Å²) in [5.74, 6) is -3.90. The molecule has 12 heteroatoms. The Morgan fingerprint density at radius 3 is 2.44 bits per heavy atom. The number of hydrogen-bond acceptors (Lipinski definition) is 8. The van der Waals surface area contributed by atoms with Crippen LogP contribution in [-0.4, -0.2) is 43.1 Å². The largest absolute Gasteiger partial charge is 0.458 e. The van der Waals surface area contributed by atoms with Crippen molar-refractivity contribution < 1.29 is 41.6 Å². The number of carbonyl (C=O) groups is 3. The summed E-state index contributed by atoms with van der Waals surface area (Å²) in [5, 5.41) is 0. The lowest BCUT2D eigenvalue weighted by Crippen LogP contribution is -2.44. The second-order valence-electron chi connectivity index (χ2n) is 8.36. The zero-order valence-corrected chi connectivity index (χ0v) is 22.2. The lowest BCUT2D eigenvalue weighted by molar-refractivity contribution is -0.149. The Hall–Kier alpha value is -1.78. The van der Waals surface area contributed by atoms with Crippen LogP contribution in [0.25, 0.3) is 0 Å². The van der Waals surface area contributed by atoms with Crippen molar-refractivity contribution in [2.24, 2.45) is 23.7 Å². The summed E-state index contributed by atoms with van der Waals surface area (Å²) < 4.78 is 49.9. The summed E-state index contributed by atoms with van der Waals surface area (Å²) in [7, 11) is -4.38. The normalized spacial score (nSPS) is 29.1. The average molecular weight is 710 g/mol. The molecule has 2 saturated carbocycles. The van der Waals surface area contributed by atoms with E-state index in [1.807, 2.05) is 6.07 Å². The molecule has 3 aliphatic rings. The van der Waals surface area contributed by atoms with E-state index in [1.165, 1.54) is 12.1 Å². The van der Waals surface area contributed by atoms with Crippen LogP contribution >= 0.6 is 45.2 Å². The van der Waals surface area contributed by atoms with Crippen molar-refractivity contribution in [2.75, 3.05) is 0 Å². The lowest BCUT2D eigenvalue weighted by Gasteiger charge is -2.30. The minimum atomic E-state index is -4.38. The van der Waals surface area contributed by atoms with Crippen LogP contribution in [-0.2, 0) is 29.2 Å². The summed E-state index contributed by atoms with van der Waals surface area (Å²) in [6.45, 7) is 0. The van der Waals surface area contributed by atoms with Crippen molar-refractivity contribution in [3.8, 4) is 5.75 Å². The molecular formula is C22H16I2O9S. The molecule has 1 saturated heterocycles. The number of esters is 3. The third-order valence-corrected chi connectivity index (χ3v) is 10.5. The summed E-state index contributed by atoms with van der Waals surface area (Å²) in [6.07, 6.45) is -0.873. The summed E-state index contributed by atoms with van der Waals surface area (Å²) >= 11 is 4.19. The fourth-order valence-corrected chi connectivity index (χ4v) is 6.74. The zero-order valence-electron chi connectivity index (χ0n) is 17.1. The SMILES string of the molecule is O=C(OC1C2CC3C1OC(=O)C3C2C(=O)Oc1ccc(S(=O)(=O)O)cc1)c1cccc(I)c1I. The molecule has 178 valence electrons. The van der Waals surface area contributed by atoms with E-state index in [4.69, 9.17) is 18.8 Å². The number of benzene rings is 2. The predicted octanol–water partition coefficient (Wildman–Crippen LogP) is 3.08. The highest BCUT2D eigenvalue weighted by molar-refractivity contribution is 14.1. The Bertz CT molecular complexity index is 1310. The van der Waals surface area contributed by atoms with Crippen molar-refractivity contribution >= 4 is 73.2 Å². The van der Waals surface area contributed by atoms with Crippen LogP contribution in [0.15, 0.2) is 47.4 Å². The van der Waals surface area contributed by atoms with Crippen molar-refractivity contribution in [1.29, 1.82) is 0 Å². The van der Waals surface area contributed by atoms with Crippen molar-refractivity contribution in [3.63, 3.8) is 0 Å². The molecule has 6 unspecified atom stereocenters. The third-order valence-electron chi connectivity index (χ3n) is 6.57. The molecule has 1 aliphatic heterocycles. The van der Waals surface area contributed by atoms with E-state index in [9.17, 15) is 22.8 Å². The molecule has 2 aromatic rings. The summed E-state index contributed by atoms with van der Waals surface area (Å²) in [4.78, 5) is 38.2. The van der Waals surface area contributed by atoms with Crippen LogP contribution in [0.4, 0.5) is 0 Å². The first kappa shape index (κ1) is 23.9. The maximum Gasteiger partial charge on any atom is 0.339 e. The molecule has 0 radical (unpaired) electrons. The molecule has 3 fully saturated rings. The van der Waals surface area contributed by atoms with Crippen LogP contribution in [0.2, 0.25) is 0 Å². The fraction of sp³-hybridized carbons (Fsp3) is 0.318. The quantitative estimate of drug-likeness (QED) is 0.215. The molecule has 6 atom stereocenters. The molecule has 9 nitrogen and oxygen atoms in total. The van der Waals surface area contributed by atoms with Gasteiger partial charge < -0.3 is 14.2 Å². The van der Waals surface area contributed by atoms with Crippen molar-refractivity contribution in [2.45, 2.75) is 23.5 Å². The van der Waals surface area contributed by atoms with E-state index in [0.717, 1.165) is 19.3 Å². The van der Waals surface area contributed by atoms with Gasteiger partial charge in [0.05, 0.1) is 22.3 Å². The monoisotopic (exact) mass is 710 g/mol. The maximum atomic E-state index is 13.1. The Balaban J connectivity index is 1.36. The Morgan fingerprint density at radius 2 is 1.76 bits per heavy atom. The van der Waals surface area contributed by atoms with E-state index >= 15 is 0 Å². The molecule has 5 rings (SSSR count). The van der Waals surface area contributed by atoms with E-state index < -0.39 is 58.0 Å². The second-order valence-corrected chi connectivity index (χ2v) is 12.0. The second kappa shape index (κ2) is 8.71. The van der Waals surface area contributed by atoms with Crippen LogP contribution in [0.3, 0.4) is 0 Å². The van der Waals surface area contributed by atoms with Gasteiger partial charge in [0, 0.05) is 19.0 Å². The lowest BCUT2D eigenvalue weighted by atomic mass is 9.78. The van der Waals surface area contributed by atoms with E-state index in [-0.39, 0.29) is 16.6 Å². The summed E-state index contributed by atoms with van der Waals surface area (Å²) in [6, 6.07) is 9.96. The number of ether oxygens (including phenoxy) is 3. The molecule has 2 aliphatic carbocycles. The van der Waals surface area contributed by atoms with Crippen LogP contribution in [0, 0.1) is 30.8 Å². The molecular weight excluding hydrogens is 694 g/mol. The van der Waals surface area contributed by atoms with Crippen LogP contribution in [0.1, 0.15) is 16.8 Å². The van der Waals surface area contributed by atoms with E-state index in [2.05, 4.69) is 45.2 Å². The van der Waals surface area contributed by atoms with Gasteiger partial charge in [0.25, 0.3) is 10.1 Å². The van der Waals surface area contributed by atoms with Crippen molar-refractivity contribution in [3.05, 3.63) is 55.2 Å². The van der Waals surface area contributed by atoms with Gasteiger partial charge in [-0.2, -0.15) is 8.42 Å².